The molecule has 3 rings (SSSR count). The summed E-state index contributed by atoms with van der Waals surface area (Å²) in [5, 5.41) is 2.15. The third-order valence-electron chi connectivity index (χ3n) is 3.58. The third kappa shape index (κ3) is 3.98. The number of carbonyl (C=O) groups is 1. The molecule has 1 fully saturated rings. The average molecular weight is 388 g/mol. The van der Waals surface area contributed by atoms with Crippen molar-refractivity contribution in [2.45, 2.75) is 6.18 Å². The van der Waals surface area contributed by atoms with Gasteiger partial charge in [-0.15, -0.1) is 0 Å². The molecule has 0 bridgehead atoms. The van der Waals surface area contributed by atoms with Gasteiger partial charge in [0, 0.05) is 34.9 Å². The summed E-state index contributed by atoms with van der Waals surface area (Å²) >= 11 is 0. The molecule has 1 N–H and O–H groups in total. The third-order valence-corrected chi connectivity index (χ3v) is 4.82. The van der Waals surface area contributed by atoms with Crippen molar-refractivity contribution in [3.63, 3.8) is 0 Å². The van der Waals surface area contributed by atoms with Crippen LogP contribution in [0.25, 0.3) is 11.3 Å². The fourth-order valence-corrected chi connectivity index (χ4v) is 3.51. The number of hydrogen-bond donors (Lipinski definition) is 1. The topological polar surface area (TPSA) is 75.2 Å². The van der Waals surface area contributed by atoms with Crippen molar-refractivity contribution in [2.24, 2.45) is 0 Å². The summed E-state index contributed by atoms with van der Waals surface area (Å²) in [7, 11) is -1.20. The zero-order valence-electron chi connectivity index (χ0n) is 13.1. The highest BCUT2D eigenvalue weighted by Crippen LogP contribution is 2.35. The van der Waals surface area contributed by atoms with Crippen molar-refractivity contribution < 1.29 is 26.6 Å². The number of carbonyl (C=O) groups excluding carboxylic acids is 1. The van der Waals surface area contributed by atoms with Crippen LogP contribution in [0, 0.1) is 5.82 Å². The quantitative estimate of drug-likeness (QED) is 0.803. The molecular weight excluding hydrogens is 376 g/mol. The number of rotatable bonds is 2. The van der Waals surface area contributed by atoms with Gasteiger partial charge < -0.3 is 10.2 Å². The first-order valence-electron chi connectivity index (χ1n) is 7.34. The smallest absolute Gasteiger partial charge is 0.312 e. The largest absolute Gasteiger partial charge is 0.435 e. The Morgan fingerprint density at radius 1 is 1.27 bits per heavy atom. The number of aromatic nitrogens is 2. The number of alkyl halides is 3. The minimum atomic E-state index is -4.84. The van der Waals surface area contributed by atoms with E-state index in [2.05, 4.69) is 15.3 Å². The second-order valence-corrected chi connectivity index (χ2v) is 6.99. The van der Waals surface area contributed by atoms with E-state index in [1.165, 1.54) is 17.2 Å². The van der Waals surface area contributed by atoms with Crippen LogP contribution in [-0.2, 0) is 17.0 Å². The minimum absolute atomic E-state index is 0.0341. The van der Waals surface area contributed by atoms with Crippen LogP contribution in [0.1, 0.15) is 5.69 Å². The SMILES string of the molecule is O=C(Nc1ccc(-c2cncc(F)c2)nc1C(F)(F)F)N1CCS(=O)C1. The number of hydrogen-bond acceptors (Lipinski definition) is 4. The highest BCUT2D eigenvalue weighted by molar-refractivity contribution is 7.85. The van der Waals surface area contributed by atoms with Crippen LogP contribution < -0.4 is 5.32 Å². The Morgan fingerprint density at radius 3 is 2.65 bits per heavy atom. The lowest BCUT2D eigenvalue weighted by atomic mass is 10.1. The minimum Gasteiger partial charge on any atom is -0.312 e. The molecule has 6 nitrogen and oxygen atoms in total. The molecule has 0 aromatic carbocycles. The molecule has 2 aromatic heterocycles. The fraction of sp³-hybridized carbons (Fsp3) is 0.267. The van der Waals surface area contributed by atoms with E-state index in [0.29, 0.717) is 0 Å². The Morgan fingerprint density at radius 2 is 2.04 bits per heavy atom. The summed E-state index contributed by atoms with van der Waals surface area (Å²) in [6.07, 6.45) is -2.74. The van der Waals surface area contributed by atoms with Crippen LogP contribution >= 0.6 is 0 Å². The van der Waals surface area contributed by atoms with E-state index < -0.39 is 40.2 Å². The zero-order chi connectivity index (χ0) is 18.9. The first-order chi connectivity index (χ1) is 12.2. The van der Waals surface area contributed by atoms with E-state index in [4.69, 9.17) is 0 Å². The van der Waals surface area contributed by atoms with Crippen LogP contribution in [0.2, 0.25) is 0 Å². The number of nitrogens with one attached hydrogen (secondary N) is 1. The van der Waals surface area contributed by atoms with Gasteiger partial charge >= 0.3 is 12.2 Å². The van der Waals surface area contributed by atoms with Gasteiger partial charge in [-0.2, -0.15) is 13.2 Å². The standard InChI is InChI=1S/C15H12F4N4O2S/c16-10-5-9(6-20-7-10)11-1-2-12(13(21-11)15(17,18)19)22-14(24)23-3-4-26(25)8-23/h1-2,5-7H,3-4,8H2,(H,22,24). The van der Waals surface area contributed by atoms with Crippen LogP contribution in [0.15, 0.2) is 30.6 Å². The van der Waals surface area contributed by atoms with E-state index in [-0.39, 0.29) is 29.4 Å². The van der Waals surface area contributed by atoms with E-state index in [1.54, 1.807) is 0 Å². The van der Waals surface area contributed by atoms with Crippen LogP contribution in [0.5, 0.6) is 0 Å². The molecule has 3 heterocycles. The zero-order valence-corrected chi connectivity index (χ0v) is 13.9. The maximum Gasteiger partial charge on any atom is 0.435 e. The van der Waals surface area contributed by atoms with Crippen LogP contribution in [0.4, 0.5) is 28.0 Å². The number of amides is 2. The first-order valence-corrected chi connectivity index (χ1v) is 8.83. The molecule has 11 heteroatoms. The molecule has 0 radical (unpaired) electrons. The molecule has 26 heavy (non-hydrogen) atoms. The first kappa shape index (κ1) is 18.2. The lowest BCUT2D eigenvalue weighted by Crippen LogP contribution is -2.33. The number of anilines is 1. The van der Waals surface area contributed by atoms with Gasteiger partial charge in [-0.05, 0) is 18.2 Å². The van der Waals surface area contributed by atoms with Crippen LogP contribution in [-0.4, -0.2) is 43.3 Å². The molecule has 2 amide bonds. The highest BCUT2D eigenvalue weighted by atomic mass is 32.2. The lowest BCUT2D eigenvalue weighted by Gasteiger charge is -2.18. The molecule has 1 unspecified atom stereocenters. The molecular formula is C15H12F4N4O2S. The van der Waals surface area contributed by atoms with Crippen molar-refractivity contribution in [3.05, 3.63) is 42.1 Å². The van der Waals surface area contributed by atoms with E-state index in [1.807, 2.05) is 0 Å². The van der Waals surface area contributed by atoms with E-state index in [9.17, 15) is 26.6 Å². The summed E-state index contributed by atoms with van der Waals surface area (Å²) in [6.45, 7) is 0.195. The van der Waals surface area contributed by atoms with Gasteiger partial charge in [-0.1, -0.05) is 0 Å². The van der Waals surface area contributed by atoms with Crippen molar-refractivity contribution >= 4 is 22.5 Å². The summed E-state index contributed by atoms with van der Waals surface area (Å²) in [4.78, 5) is 20.3. The van der Waals surface area contributed by atoms with Gasteiger partial charge in [0.05, 0.1) is 23.5 Å². The Hall–Kier alpha value is -2.56. The van der Waals surface area contributed by atoms with E-state index >= 15 is 0 Å². The van der Waals surface area contributed by atoms with E-state index in [0.717, 1.165) is 18.3 Å². The molecule has 2 aromatic rings. The lowest BCUT2D eigenvalue weighted by molar-refractivity contribution is -0.140. The molecule has 1 atom stereocenters. The summed E-state index contributed by atoms with van der Waals surface area (Å²) in [5.74, 6) is -0.464. The predicted molar refractivity (Wildman–Crippen MR) is 86.0 cm³/mol. The number of halogens is 4. The van der Waals surface area contributed by atoms with Crippen molar-refractivity contribution in [2.75, 3.05) is 23.5 Å². The second kappa shape index (κ2) is 6.98. The predicted octanol–water partition coefficient (Wildman–Crippen LogP) is 2.86. The summed E-state index contributed by atoms with van der Waals surface area (Å²) in [6, 6.07) is 2.49. The second-order valence-electron chi connectivity index (χ2n) is 5.45. The van der Waals surface area contributed by atoms with Crippen molar-refractivity contribution in [1.82, 2.24) is 14.9 Å². The fourth-order valence-electron chi connectivity index (χ4n) is 2.36. The van der Waals surface area contributed by atoms with Gasteiger partial charge in [0.15, 0.2) is 5.69 Å². The maximum absolute atomic E-state index is 13.3. The molecule has 1 aliphatic heterocycles. The number of nitrogens with zero attached hydrogens (tertiary/aromatic N) is 3. The number of urea groups is 1. The monoisotopic (exact) mass is 388 g/mol. The average Bonchev–Trinajstić information content (AvgIpc) is 3.01. The Labute approximate surface area is 147 Å². The Kier molecular flexibility index (Phi) is 4.90. The molecule has 0 spiro atoms. The Balaban J connectivity index is 1.93. The normalized spacial score (nSPS) is 17.4. The summed E-state index contributed by atoms with van der Waals surface area (Å²) < 4.78 is 64.6. The maximum atomic E-state index is 13.3. The number of pyridine rings is 2. The van der Waals surface area contributed by atoms with Gasteiger partial charge in [-0.25, -0.2) is 14.2 Å². The van der Waals surface area contributed by atoms with Gasteiger partial charge in [0.25, 0.3) is 0 Å². The highest BCUT2D eigenvalue weighted by Gasteiger charge is 2.37. The Bertz CT molecular complexity index is 875. The molecule has 0 aliphatic carbocycles. The van der Waals surface area contributed by atoms with Crippen molar-refractivity contribution in [3.8, 4) is 11.3 Å². The molecule has 1 saturated heterocycles. The van der Waals surface area contributed by atoms with Gasteiger partial charge in [0.2, 0.25) is 0 Å². The molecule has 1 aliphatic rings. The van der Waals surface area contributed by atoms with Crippen LogP contribution in [0.3, 0.4) is 0 Å². The van der Waals surface area contributed by atoms with Gasteiger partial charge in [-0.3, -0.25) is 9.19 Å². The molecule has 0 saturated carbocycles. The molecule has 138 valence electrons. The van der Waals surface area contributed by atoms with Crippen molar-refractivity contribution in [1.29, 1.82) is 0 Å². The summed E-state index contributed by atoms with van der Waals surface area (Å²) in [5.41, 5.74) is -1.91. The van der Waals surface area contributed by atoms with Gasteiger partial charge in [0.1, 0.15) is 5.82 Å².